The first-order valence-electron chi connectivity index (χ1n) is 9.68. The largest absolute Gasteiger partial charge is 0.461 e. The Balaban J connectivity index is 1.29. The molecule has 5 nitrogen and oxygen atoms in total. The standard InChI is InChI=1S/C22H24ClN3O2/c23-21-17-28-20-10-5-4-9-19(20)22(27)26(21)12-6-11-24-13-15-25(16-14-24)18-7-2-1-3-8-18/h1-5,7-10,17H,6,11-16H2. The van der Waals surface area contributed by atoms with Crippen LogP contribution in [-0.4, -0.2) is 55.0 Å². The van der Waals surface area contributed by atoms with Crippen LogP contribution in [0.4, 0.5) is 5.69 Å². The Morgan fingerprint density at radius 2 is 1.61 bits per heavy atom. The molecular formula is C22H24ClN3O2. The quantitative estimate of drug-likeness (QED) is 0.719. The molecule has 1 amide bonds. The zero-order valence-electron chi connectivity index (χ0n) is 15.8. The minimum atomic E-state index is -0.108. The van der Waals surface area contributed by atoms with Crippen LogP contribution in [0.5, 0.6) is 5.75 Å². The number of piperazine rings is 1. The lowest BCUT2D eigenvalue weighted by molar-refractivity contribution is 0.0811. The maximum Gasteiger partial charge on any atom is 0.262 e. The molecule has 0 radical (unpaired) electrons. The number of amides is 1. The molecule has 0 N–H and O–H groups in total. The first-order valence-corrected chi connectivity index (χ1v) is 10.1. The third kappa shape index (κ3) is 4.16. The SMILES string of the molecule is O=C1c2ccccc2OC=C(Cl)N1CCCN1CCN(c2ccccc2)CC1. The molecule has 1 fully saturated rings. The molecule has 0 bridgehead atoms. The van der Waals surface area contributed by atoms with E-state index in [-0.39, 0.29) is 5.91 Å². The molecule has 0 spiro atoms. The number of nitrogens with zero attached hydrogens (tertiary/aromatic N) is 3. The highest BCUT2D eigenvalue weighted by Crippen LogP contribution is 2.27. The van der Waals surface area contributed by atoms with Crippen LogP contribution in [0.3, 0.4) is 0 Å². The predicted molar refractivity (Wildman–Crippen MR) is 112 cm³/mol. The maximum atomic E-state index is 12.8. The van der Waals surface area contributed by atoms with Crippen molar-refractivity contribution >= 4 is 23.2 Å². The number of anilines is 1. The molecule has 0 atom stereocenters. The summed E-state index contributed by atoms with van der Waals surface area (Å²) < 4.78 is 5.54. The van der Waals surface area contributed by atoms with E-state index < -0.39 is 0 Å². The molecule has 0 aromatic heterocycles. The van der Waals surface area contributed by atoms with Gasteiger partial charge in [-0.05, 0) is 37.2 Å². The van der Waals surface area contributed by atoms with Gasteiger partial charge in [0.1, 0.15) is 17.2 Å². The molecule has 28 heavy (non-hydrogen) atoms. The van der Waals surface area contributed by atoms with E-state index in [9.17, 15) is 4.79 Å². The van der Waals surface area contributed by atoms with E-state index in [1.54, 1.807) is 17.0 Å². The van der Waals surface area contributed by atoms with Crippen molar-refractivity contribution in [3.63, 3.8) is 0 Å². The van der Waals surface area contributed by atoms with E-state index in [1.807, 2.05) is 18.2 Å². The van der Waals surface area contributed by atoms with Crippen molar-refractivity contribution in [2.24, 2.45) is 0 Å². The van der Waals surface area contributed by atoms with E-state index in [0.717, 1.165) is 39.1 Å². The van der Waals surface area contributed by atoms with Crippen LogP contribution in [0, 0.1) is 0 Å². The highest BCUT2D eigenvalue weighted by molar-refractivity contribution is 6.30. The molecule has 0 saturated carbocycles. The number of para-hydroxylation sites is 2. The molecule has 0 aliphatic carbocycles. The number of carbonyl (C=O) groups excluding carboxylic acids is 1. The van der Waals surface area contributed by atoms with Crippen molar-refractivity contribution in [1.82, 2.24) is 9.80 Å². The van der Waals surface area contributed by atoms with Crippen molar-refractivity contribution in [2.75, 3.05) is 44.2 Å². The fourth-order valence-electron chi connectivity index (χ4n) is 3.69. The second-order valence-corrected chi connectivity index (χ2v) is 7.42. The van der Waals surface area contributed by atoms with Crippen LogP contribution in [0.2, 0.25) is 0 Å². The minimum Gasteiger partial charge on any atom is -0.461 e. The number of carbonyl (C=O) groups is 1. The number of hydrogen-bond donors (Lipinski definition) is 0. The molecule has 6 heteroatoms. The zero-order valence-corrected chi connectivity index (χ0v) is 16.5. The van der Waals surface area contributed by atoms with Crippen LogP contribution in [0.1, 0.15) is 16.8 Å². The number of ether oxygens (including phenoxy) is 1. The monoisotopic (exact) mass is 397 g/mol. The van der Waals surface area contributed by atoms with Gasteiger partial charge in [0.25, 0.3) is 5.91 Å². The lowest BCUT2D eigenvalue weighted by Gasteiger charge is -2.36. The van der Waals surface area contributed by atoms with E-state index in [4.69, 9.17) is 16.3 Å². The summed E-state index contributed by atoms with van der Waals surface area (Å²) in [7, 11) is 0. The van der Waals surface area contributed by atoms with Crippen molar-refractivity contribution in [3.05, 3.63) is 71.6 Å². The molecule has 2 heterocycles. The summed E-state index contributed by atoms with van der Waals surface area (Å²) in [5, 5.41) is 0.329. The van der Waals surface area contributed by atoms with E-state index in [2.05, 4.69) is 34.1 Å². The fourth-order valence-corrected chi connectivity index (χ4v) is 3.90. The summed E-state index contributed by atoms with van der Waals surface area (Å²) in [6.07, 6.45) is 2.31. The predicted octanol–water partition coefficient (Wildman–Crippen LogP) is 3.77. The van der Waals surface area contributed by atoms with Gasteiger partial charge in [-0.25, -0.2) is 0 Å². The highest BCUT2D eigenvalue weighted by Gasteiger charge is 2.25. The second-order valence-electron chi connectivity index (χ2n) is 7.03. The fraction of sp³-hybridized carbons (Fsp3) is 0.318. The van der Waals surface area contributed by atoms with E-state index in [1.165, 1.54) is 11.9 Å². The van der Waals surface area contributed by atoms with Gasteiger partial charge in [0.15, 0.2) is 0 Å². The highest BCUT2D eigenvalue weighted by atomic mass is 35.5. The summed E-state index contributed by atoms with van der Waals surface area (Å²) in [5.41, 5.74) is 1.83. The second kappa shape index (κ2) is 8.67. The molecule has 0 unspecified atom stereocenters. The maximum absolute atomic E-state index is 12.8. The summed E-state index contributed by atoms with van der Waals surface area (Å²) in [4.78, 5) is 19.3. The third-order valence-electron chi connectivity index (χ3n) is 5.25. The van der Waals surface area contributed by atoms with Gasteiger partial charge in [-0.3, -0.25) is 14.6 Å². The topological polar surface area (TPSA) is 36.0 Å². The smallest absolute Gasteiger partial charge is 0.262 e. The molecule has 146 valence electrons. The molecular weight excluding hydrogens is 374 g/mol. The van der Waals surface area contributed by atoms with Gasteiger partial charge >= 0.3 is 0 Å². The summed E-state index contributed by atoms with van der Waals surface area (Å²) in [6.45, 7) is 5.61. The number of rotatable bonds is 5. The molecule has 1 saturated heterocycles. The lowest BCUT2D eigenvalue weighted by atomic mass is 10.1. The van der Waals surface area contributed by atoms with Gasteiger partial charge in [-0.15, -0.1) is 0 Å². The van der Waals surface area contributed by atoms with Crippen LogP contribution in [-0.2, 0) is 0 Å². The van der Waals surface area contributed by atoms with E-state index >= 15 is 0 Å². The molecule has 2 aliphatic rings. The van der Waals surface area contributed by atoms with Crippen LogP contribution < -0.4 is 9.64 Å². The summed E-state index contributed by atoms with van der Waals surface area (Å²) >= 11 is 6.30. The Morgan fingerprint density at radius 3 is 2.39 bits per heavy atom. The average Bonchev–Trinajstić information content (AvgIpc) is 2.87. The van der Waals surface area contributed by atoms with Crippen LogP contribution in [0.15, 0.2) is 66.0 Å². The van der Waals surface area contributed by atoms with Gasteiger partial charge in [0, 0.05) is 38.4 Å². The van der Waals surface area contributed by atoms with Crippen molar-refractivity contribution < 1.29 is 9.53 Å². The number of halogens is 1. The molecule has 2 aromatic rings. The molecule has 2 aliphatic heterocycles. The van der Waals surface area contributed by atoms with Gasteiger partial charge < -0.3 is 9.64 Å². The van der Waals surface area contributed by atoms with E-state index in [0.29, 0.717) is 23.0 Å². The third-order valence-corrected chi connectivity index (χ3v) is 5.55. The van der Waals surface area contributed by atoms with Gasteiger partial charge in [-0.2, -0.15) is 0 Å². The number of hydrogen-bond acceptors (Lipinski definition) is 4. The molecule has 2 aromatic carbocycles. The molecule has 4 rings (SSSR count). The van der Waals surface area contributed by atoms with Gasteiger partial charge in [0.2, 0.25) is 0 Å². The van der Waals surface area contributed by atoms with Gasteiger partial charge in [0.05, 0.1) is 5.56 Å². The Bertz CT molecular complexity index is 848. The lowest BCUT2D eigenvalue weighted by Crippen LogP contribution is -2.47. The van der Waals surface area contributed by atoms with Crippen molar-refractivity contribution in [1.29, 1.82) is 0 Å². The zero-order chi connectivity index (χ0) is 19.3. The minimum absolute atomic E-state index is 0.108. The summed E-state index contributed by atoms with van der Waals surface area (Å²) in [6, 6.07) is 17.8. The van der Waals surface area contributed by atoms with Gasteiger partial charge in [-0.1, -0.05) is 41.9 Å². The average molecular weight is 398 g/mol. The first kappa shape index (κ1) is 18.8. The van der Waals surface area contributed by atoms with Crippen molar-refractivity contribution in [3.8, 4) is 5.75 Å². The van der Waals surface area contributed by atoms with Crippen LogP contribution >= 0.6 is 11.6 Å². The number of benzene rings is 2. The normalized spacial score (nSPS) is 17.6. The summed E-state index contributed by atoms with van der Waals surface area (Å²) in [5.74, 6) is 0.438. The Morgan fingerprint density at radius 1 is 0.893 bits per heavy atom. The number of fused-ring (bicyclic) bond motifs is 1. The first-order chi connectivity index (χ1) is 13.7. The van der Waals surface area contributed by atoms with Crippen molar-refractivity contribution in [2.45, 2.75) is 6.42 Å². The Labute approximate surface area is 170 Å². The van der Waals surface area contributed by atoms with Crippen LogP contribution in [0.25, 0.3) is 0 Å². The Hall–Kier alpha value is -2.50. The Kier molecular flexibility index (Phi) is 5.84.